The fourth-order valence-electron chi connectivity index (χ4n) is 0.118. The van der Waals surface area contributed by atoms with Gasteiger partial charge in [-0.1, -0.05) is 0 Å². The summed E-state index contributed by atoms with van der Waals surface area (Å²) in [5, 5.41) is -0.956. The van der Waals surface area contributed by atoms with Crippen molar-refractivity contribution in [3.63, 3.8) is 0 Å². The molecule has 9 heavy (non-hydrogen) atoms. The van der Waals surface area contributed by atoms with E-state index in [2.05, 4.69) is 0 Å². The van der Waals surface area contributed by atoms with Crippen LogP contribution in [-0.4, -0.2) is 24.8 Å². The SMILES string of the molecule is CC(CN)S(=O)(=O)[O-].[Na+]. The van der Waals surface area contributed by atoms with Crippen molar-refractivity contribution in [2.75, 3.05) is 6.54 Å². The van der Waals surface area contributed by atoms with Gasteiger partial charge in [-0.25, -0.2) is 8.42 Å². The molecule has 0 fully saturated rings. The molecule has 0 aromatic rings. The number of rotatable bonds is 2. The molecule has 6 heteroatoms. The molecule has 0 saturated carbocycles. The van der Waals surface area contributed by atoms with Gasteiger partial charge in [-0.3, -0.25) is 0 Å². The van der Waals surface area contributed by atoms with E-state index in [-0.39, 0.29) is 36.1 Å². The molecule has 0 amide bonds. The monoisotopic (exact) mass is 161 g/mol. The molecule has 0 aromatic carbocycles. The fraction of sp³-hybridized carbons (Fsp3) is 1.00. The van der Waals surface area contributed by atoms with E-state index in [9.17, 15) is 13.0 Å². The van der Waals surface area contributed by atoms with Gasteiger partial charge in [0.25, 0.3) is 0 Å². The quantitative estimate of drug-likeness (QED) is 0.329. The Bertz CT molecular complexity index is 154. The zero-order valence-corrected chi connectivity index (χ0v) is 8.31. The summed E-state index contributed by atoms with van der Waals surface area (Å²) in [6, 6.07) is 0. The van der Waals surface area contributed by atoms with Gasteiger partial charge in [0.15, 0.2) is 0 Å². The van der Waals surface area contributed by atoms with Crippen LogP contribution in [0.4, 0.5) is 0 Å². The van der Waals surface area contributed by atoms with E-state index in [4.69, 9.17) is 5.73 Å². The molecule has 0 aliphatic rings. The first-order valence-corrected chi connectivity index (χ1v) is 3.60. The first kappa shape index (κ1) is 12.5. The zero-order valence-electron chi connectivity index (χ0n) is 5.49. The summed E-state index contributed by atoms with van der Waals surface area (Å²) in [6.45, 7) is 1.17. The van der Waals surface area contributed by atoms with Gasteiger partial charge in [-0.2, -0.15) is 0 Å². The van der Waals surface area contributed by atoms with Gasteiger partial charge in [0.2, 0.25) is 0 Å². The molecule has 0 heterocycles. The third-order valence-corrected chi connectivity index (χ3v) is 2.00. The van der Waals surface area contributed by atoms with Crippen molar-refractivity contribution in [2.45, 2.75) is 12.2 Å². The fourth-order valence-corrected chi connectivity index (χ4v) is 0.354. The van der Waals surface area contributed by atoms with Crippen LogP contribution in [0.25, 0.3) is 0 Å². The Morgan fingerprint density at radius 1 is 1.67 bits per heavy atom. The standard InChI is InChI=1S/C3H9NO3S.Na/c1-3(2-4)8(5,6)7;/h3H,2,4H2,1H3,(H,5,6,7);/q;+1/p-1. The Hall–Kier alpha value is 0.870. The molecule has 0 rings (SSSR count). The van der Waals surface area contributed by atoms with Crippen molar-refractivity contribution < 1.29 is 42.5 Å². The van der Waals surface area contributed by atoms with E-state index in [0.29, 0.717) is 0 Å². The molecule has 50 valence electrons. The summed E-state index contributed by atoms with van der Waals surface area (Å²) in [4.78, 5) is 0. The van der Waals surface area contributed by atoms with Gasteiger partial charge in [0.05, 0.1) is 15.4 Å². The van der Waals surface area contributed by atoms with Gasteiger partial charge in [0, 0.05) is 6.54 Å². The van der Waals surface area contributed by atoms with Crippen molar-refractivity contribution in [1.82, 2.24) is 0 Å². The minimum absolute atomic E-state index is 0. The molecule has 0 spiro atoms. The number of hydrogen-bond donors (Lipinski definition) is 1. The van der Waals surface area contributed by atoms with Crippen molar-refractivity contribution in [3.05, 3.63) is 0 Å². The smallest absolute Gasteiger partial charge is 0.748 e. The molecule has 0 aromatic heterocycles. The summed E-state index contributed by atoms with van der Waals surface area (Å²) in [7, 11) is -4.13. The minimum atomic E-state index is -4.13. The normalized spacial score (nSPS) is 14.1. The molecule has 0 saturated heterocycles. The number of hydrogen-bond acceptors (Lipinski definition) is 4. The second kappa shape index (κ2) is 4.65. The molecule has 4 nitrogen and oxygen atoms in total. The molecule has 0 bridgehead atoms. The first-order valence-electron chi connectivity index (χ1n) is 2.13. The maximum Gasteiger partial charge on any atom is 1.00 e. The van der Waals surface area contributed by atoms with Crippen LogP contribution in [0.2, 0.25) is 0 Å². The molecular weight excluding hydrogens is 153 g/mol. The van der Waals surface area contributed by atoms with Crippen molar-refractivity contribution in [3.8, 4) is 0 Å². The summed E-state index contributed by atoms with van der Waals surface area (Å²) in [6.07, 6.45) is 0. The predicted octanol–water partition coefficient (Wildman–Crippen LogP) is -4.12. The molecule has 1 unspecified atom stereocenters. The van der Waals surface area contributed by atoms with Gasteiger partial charge >= 0.3 is 29.6 Å². The van der Waals surface area contributed by atoms with Crippen LogP contribution in [0.15, 0.2) is 0 Å². The summed E-state index contributed by atoms with van der Waals surface area (Å²) < 4.78 is 29.8. The Kier molecular flexibility index (Phi) is 6.48. The Morgan fingerprint density at radius 2 is 2.00 bits per heavy atom. The average Bonchev–Trinajstić information content (AvgIpc) is 1.62. The Labute approximate surface area is 76.9 Å². The maximum atomic E-state index is 9.93. The van der Waals surface area contributed by atoms with Crippen LogP contribution >= 0.6 is 0 Å². The van der Waals surface area contributed by atoms with E-state index < -0.39 is 15.4 Å². The topological polar surface area (TPSA) is 83.2 Å². The third kappa shape index (κ3) is 5.32. The Morgan fingerprint density at radius 3 is 2.00 bits per heavy atom. The zero-order chi connectivity index (χ0) is 6.78. The molecular formula is C3H8NNaO3S. The average molecular weight is 161 g/mol. The third-order valence-electron chi connectivity index (χ3n) is 0.825. The second-order valence-electron chi connectivity index (χ2n) is 1.54. The van der Waals surface area contributed by atoms with Crippen molar-refractivity contribution in [1.29, 1.82) is 0 Å². The van der Waals surface area contributed by atoms with Gasteiger partial charge in [-0.05, 0) is 6.92 Å². The first-order chi connectivity index (χ1) is 3.48. The Balaban J connectivity index is 0. The van der Waals surface area contributed by atoms with E-state index in [1.54, 1.807) is 0 Å². The molecule has 2 N–H and O–H groups in total. The van der Waals surface area contributed by atoms with Crippen molar-refractivity contribution >= 4 is 10.1 Å². The van der Waals surface area contributed by atoms with Crippen LogP contribution in [0.5, 0.6) is 0 Å². The molecule has 0 aliphatic heterocycles. The largest absolute Gasteiger partial charge is 1.00 e. The van der Waals surface area contributed by atoms with Crippen LogP contribution in [0, 0.1) is 0 Å². The van der Waals surface area contributed by atoms with Crippen LogP contribution < -0.4 is 35.3 Å². The number of nitrogens with two attached hydrogens (primary N) is 1. The molecule has 0 aliphatic carbocycles. The van der Waals surface area contributed by atoms with E-state index in [1.807, 2.05) is 0 Å². The van der Waals surface area contributed by atoms with Crippen LogP contribution in [-0.2, 0) is 10.1 Å². The van der Waals surface area contributed by atoms with Crippen molar-refractivity contribution in [2.24, 2.45) is 5.73 Å². The summed E-state index contributed by atoms with van der Waals surface area (Å²) in [5.41, 5.74) is 4.88. The molecule has 0 radical (unpaired) electrons. The minimum Gasteiger partial charge on any atom is -0.748 e. The van der Waals surface area contributed by atoms with E-state index >= 15 is 0 Å². The van der Waals surface area contributed by atoms with Crippen LogP contribution in [0.1, 0.15) is 6.92 Å². The predicted molar refractivity (Wildman–Crippen MR) is 28.2 cm³/mol. The maximum absolute atomic E-state index is 9.93. The summed E-state index contributed by atoms with van der Waals surface area (Å²) in [5.74, 6) is 0. The van der Waals surface area contributed by atoms with E-state index in [1.165, 1.54) is 6.92 Å². The van der Waals surface area contributed by atoms with Gasteiger partial charge in [0.1, 0.15) is 0 Å². The summed E-state index contributed by atoms with van der Waals surface area (Å²) >= 11 is 0. The van der Waals surface area contributed by atoms with Gasteiger partial charge in [-0.15, -0.1) is 0 Å². The van der Waals surface area contributed by atoms with Gasteiger partial charge < -0.3 is 10.3 Å². The second-order valence-corrected chi connectivity index (χ2v) is 3.33. The molecule has 1 atom stereocenters. The van der Waals surface area contributed by atoms with Crippen LogP contribution in [0.3, 0.4) is 0 Å². The van der Waals surface area contributed by atoms with E-state index in [0.717, 1.165) is 0 Å².